The molecule has 0 aliphatic carbocycles. The molecule has 6 heteroatoms. The number of benzene rings is 1. The lowest BCUT2D eigenvalue weighted by molar-refractivity contribution is 0.0455. The van der Waals surface area contributed by atoms with Gasteiger partial charge in [-0.3, -0.25) is 0 Å². The number of aryl methyl sites for hydroxylation is 1. The number of thiazole rings is 1. The second-order valence-corrected chi connectivity index (χ2v) is 4.79. The van der Waals surface area contributed by atoms with Gasteiger partial charge in [0.2, 0.25) is 0 Å². The van der Waals surface area contributed by atoms with Crippen LogP contribution in [0.3, 0.4) is 0 Å². The van der Waals surface area contributed by atoms with Crippen molar-refractivity contribution in [3.05, 3.63) is 40.9 Å². The van der Waals surface area contributed by atoms with E-state index in [9.17, 15) is 4.79 Å². The number of hydrogen-bond acceptors (Lipinski definition) is 6. The van der Waals surface area contributed by atoms with Gasteiger partial charge in [0.05, 0.1) is 5.69 Å². The smallest absolute Gasteiger partial charge is 0.350 e. The standard InChI is InChI=1S/C13H14N2O3S/c1-9-11(19-13(14)15-9)12(16)18-8-7-17-10-5-3-2-4-6-10/h2-6H,7-8H2,1H3,(H2,14,15). The monoisotopic (exact) mass is 278 g/mol. The van der Waals surface area contributed by atoms with E-state index in [0.29, 0.717) is 22.3 Å². The molecule has 0 atom stereocenters. The summed E-state index contributed by atoms with van der Waals surface area (Å²) in [4.78, 5) is 16.1. The van der Waals surface area contributed by atoms with Crippen molar-refractivity contribution in [1.82, 2.24) is 4.98 Å². The molecule has 2 N–H and O–H groups in total. The van der Waals surface area contributed by atoms with Crippen LogP contribution in [0.15, 0.2) is 30.3 Å². The van der Waals surface area contributed by atoms with Crippen LogP contribution in [0.4, 0.5) is 5.13 Å². The number of anilines is 1. The molecule has 5 nitrogen and oxygen atoms in total. The normalized spacial score (nSPS) is 10.2. The van der Waals surface area contributed by atoms with Crippen molar-refractivity contribution < 1.29 is 14.3 Å². The van der Waals surface area contributed by atoms with Gasteiger partial charge in [0.1, 0.15) is 23.8 Å². The van der Waals surface area contributed by atoms with Crippen LogP contribution in [0.2, 0.25) is 0 Å². The number of nitrogens with two attached hydrogens (primary N) is 1. The van der Waals surface area contributed by atoms with Crippen molar-refractivity contribution in [1.29, 1.82) is 0 Å². The first-order valence-corrected chi connectivity index (χ1v) is 6.56. The van der Waals surface area contributed by atoms with Gasteiger partial charge in [-0.05, 0) is 19.1 Å². The number of rotatable bonds is 5. The minimum Gasteiger partial charge on any atom is -0.490 e. The molecule has 0 spiro atoms. The van der Waals surface area contributed by atoms with Crippen LogP contribution in [-0.2, 0) is 4.74 Å². The number of hydrogen-bond donors (Lipinski definition) is 1. The third-order valence-electron chi connectivity index (χ3n) is 2.33. The topological polar surface area (TPSA) is 74.4 Å². The lowest BCUT2D eigenvalue weighted by Gasteiger charge is -2.06. The Morgan fingerprint density at radius 3 is 2.68 bits per heavy atom. The maximum Gasteiger partial charge on any atom is 0.350 e. The molecular formula is C13H14N2O3S. The average Bonchev–Trinajstić information content (AvgIpc) is 2.75. The molecule has 19 heavy (non-hydrogen) atoms. The molecule has 0 saturated carbocycles. The molecular weight excluding hydrogens is 264 g/mol. The molecule has 0 saturated heterocycles. The molecule has 0 fully saturated rings. The van der Waals surface area contributed by atoms with Crippen molar-refractivity contribution in [3.63, 3.8) is 0 Å². The average molecular weight is 278 g/mol. The van der Waals surface area contributed by atoms with Crippen LogP contribution < -0.4 is 10.5 Å². The predicted octanol–water partition coefficient (Wildman–Crippen LogP) is 2.27. The van der Waals surface area contributed by atoms with E-state index in [1.54, 1.807) is 6.92 Å². The molecule has 2 aromatic rings. The first-order valence-electron chi connectivity index (χ1n) is 5.74. The van der Waals surface area contributed by atoms with Gasteiger partial charge in [0, 0.05) is 0 Å². The number of carbonyl (C=O) groups is 1. The van der Waals surface area contributed by atoms with Crippen molar-refractivity contribution in [2.24, 2.45) is 0 Å². The highest BCUT2D eigenvalue weighted by molar-refractivity contribution is 7.17. The Bertz CT molecular complexity index is 554. The number of aromatic nitrogens is 1. The third kappa shape index (κ3) is 3.69. The first kappa shape index (κ1) is 13.4. The Balaban J connectivity index is 1.77. The Labute approximate surface area is 115 Å². The number of ether oxygens (including phenoxy) is 2. The molecule has 1 aromatic heterocycles. The van der Waals surface area contributed by atoms with E-state index < -0.39 is 5.97 Å². The quantitative estimate of drug-likeness (QED) is 0.671. The summed E-state index contributed by atoms with van der Waals surface area (Å²) in [6, 6.07) is 9.35. The number of esters is 1. The van der Waals surface area contributed by atoms with E-state index in [2.05, 4.69) is 4.98 Å². The molecule has 0 aliphatic rings. The molecule has 0 bridgehead atoms. The lowest BCUT2D eigenvalue weighted by atomic mass is 10.3. The second kappa shape index (κ2) is 6.19. The maximum atomic E-state index is 11.7. The lowest BCUT2D eigenvalue weighted by Crippen LogP contribution is -2.12. The SMILES string of the molecule is Cc1nc(N)sc1C(=O)OCCOc1ccccc1. The van der Waals surface area contributed by atoms with Gasteiger partial charge in [-0.2, -0.15) is 0 Å². The maximum absolute atomic E-state index is 11.7. The van der Waals surface area contributed by atoms with E-state index >= 15 is 0 Å². The third-order valence-corrected chi connectivity index (χ3v) is 3.29. The van der Waals surface area contributed by atoms with E-state index in [0.717, 1.165) is 17.1 Å². The minimum absolute atomic E-state index is 0.185. The number of nitrogens with zero attached hydrogens (tertiary/aromatic N) is 1. The fourth-order valence-electron chi connectivity index (χ4n) is 1.48. The Kier molecular flexibility index (Phi) is 4.35. The van der Waals surface area contributed by atoms with Crippen molar-refractivity contribution in [2.45, 2.75) is 6.92 Å². The van der Waals surface area contributed by atoms with Crippen LogP contribution in [0.1, 0.15) is 15.4 Å². The molecule has 100 valence electrons. The van der Waals surface area contributed by atoms with Crippen molar-refractivity contribution >= 4 is 22.4 Å². The summed E-state index contributed by atoms with van der Waals surface area (Å²) in [5.41, 5.74) is 6.12. The second-order valence-electron chi connectivity index (χ2n) is 3.76. The molecule has 1 aromatic carbocycles. The predicted molar refractivity (Wildman–Crippen MR) is 73.5 cm³/mol. The van der Waals surface area contributed by atoms with Crippen LogP contribution in [0, 0.1) is 6.92 Å². The van der Waals surface area contributed by atoms with Gasteiger partial charge in [-0.1, -0.05) is 29.5 Å². The van der Waals surface area contributed by atoms with Crippen molar-refractivity contribution in [2.75, 3.05) is 18.9 Å². The van der Waals surface area contributed by atoms with Crippen LogP contribution in [0.25, 0.3) is 0 Å². The molecule has 0 aliphatic heterocycles. The number of carbonyl (C=O) groups excluding carboxylic acids is 1. The van der Waals surface area contributed by atoms with Crippen LogP contribution >= 0.6 is 11.3 Å². The Morgan fingerprint density at radius 2 is 2.05 bits per heavy atom. The Morgan fingerprint density at radius 1 is 1.32 bits per heavy atom. The zero-order valence-electron chi connectivity index (χ0n) is 10.5. The zero-order valence-corrected chi connectivity index (χ0v) is 11.3. The summed E-state index contributed by atoms with van der Waals surface area (Å²) < 4.78 is 10.5. The number of nitrogen functional groups attached to an aromatic ring is 1. The van der Waals surface area contributed by atoms with E-state index in [-0.39, 0.29) is 6.61 Å². The zero-order chi connectivity index (χ0) is 13.7. The largest absolute Gasteiger partial charge is 0.490 e. The summed E-state index contributed by atoms with van der Waals surface area (Å²) in [6.45, 7) is 2.22. The molecule has 0 radical (unpaired) electrons. The molecule has 2 rings (SSSR count). The van der Waals surface area contributed by atoms with Crippen LogP contribution in [-0.4, -0.2) is 24.2 Å². The fraction of sp³-hybridized carbons (Fsp3) is 0.231. The molecule has 0 amide bonds. The van der Waals surface area contributed by atoms with Gasteiger partial charge >= 0.3 is 5.97 Å². The van der Waals surface area contributed by atoms with Gasteiger partial charge in [-0.15, -0.1) is 0 Å². The highest BCUT2D eigenvalue weighted by Gasteiger charge is 2.15. The van der Waals surface area contributed by atoms with Gasteiger partial charge in [0.25, 0.3) is 0 Å². The number of para-hydroxylation sites is 1. The Hall–Kier alpha value is -2.08. The minimum atomic E-state index is -0.414. The fourth-order valence-corrected chi connectivity index (χ4v) is 2.21. The summed E-state index contributed by atoms with van der Waals surface area (Å²) in [6.07, 6.45) is 0. The van der Waals surface area contributed by atoms with E-state index in [1.165, 1.54) is 0 Å². The first-order chi connectivity index (χ1) is 9.16. The highest BCUT2D eigenvalue weighted by Crippen LogP contribution is 2.20. The molecule has 1 heterocycles. The highest BCUT2D eigenvalue weighted by atomic mass is 32.1. The van der Waals surface area contributed by atoms with Gasteiger partial charge in [0.15, 0.2) is 5.13 Å². The molecule has 0 unspecified atom stereocenters. The summed E-state index contributed by atoms with van der Waals surface area (Å²) in [7, 11) is 0. The summed E-state index contributed by atoms with van der Waals surface area (Å²) in [5, 5.41) is 0.366. The van der Waals surface area contributed by atoms with Gasteiger partial charge < -0.3 is 15.2 Å². The van der Waals surface area contributed by atoms with E-state index in [4.69, 9.17) is 15.2 Å². The summed E-state index contributed by atoms with van der Waals surface area (Å²) in [5.74, 6) is 0.333. The van der Waals surface area contributed by atoms with Gasteiger partial charge in [-0.25, -0.2) is 9.78 Å². The van der Waals surface area contributed by atoms with Crippen LogP contribution in [0.5, 0.6) is 5.75 Å². The van der Waals surface area contributed by atoms with Crippen molar-refractivity contribution in [3.8, 4) is 5.75 Å². The van der Waals surface area contributed by atoms with E-state index in [1.807, 2.05) is 30.3 Å². The summed E-state index contributed by atoms with van der Waals surface area (Å²) >= 11 is 1.13.